The van der Waals surface area contributed by atoms with Crippen molar-refractivity contribution in [2.75, 3.05) is 50.5 Å². The number of imidazole rings is 1. The number of fused-ring (bicyclic) bond motifs is 1. The Morgan fingerprint density at radius 3 is 2.62 bits per heavy atom. The van der Waals surface area contributed by atoms with Crippen LogP contribution in [0.1, 0.15) is 5.56 Å². The molecule has 0 aliphatic carbocycles. The molecule has 4 aromatic rings. The van der Waals surface area contributed by atoms with Crippen LogP contribution in [-0.4, -0.2) is 65.1 Å². The monoisotopic (exact) mass is 428 g/mol. The van der Waals surface area contributed by atoms with Crippen molar-refractivity contribution in [3.8, 4) is 11.1 Å². The summed E-state index contributed by atoms with van der Waals surface area (Å²) in [6.45, 7) is 5.18. The van der Waals surface area contributed by atoms with E-state index in [0.717, 1.165) is 66.5 Å². The van der Waals surface area contributed by atoms with Gasteiger partial charge in [0.05, 0.1) is 11.0 Å². The van der Waals surface area contributed by atoms with E-state index in [0.29, 0.717) is 5.95 Å². The highest BCUT2D eigenvalue weighted by atomic mass is 15.2. The summed E-state index contributed by atoms with van der Waals surface area (Å²) >= 11 is 0. The third kappa shape index (κ3) is 4.56. The van der Waals surface area contributed by atoms with Crippen LogP contribution in [0.2, 0.25) is 0 Å². The van der Waals surface area contributed by atoms with E-state index in [1.54, 1.807) is 0 Å². The first-order valence-corrected chi connectivity index (χ1v) is 10.9. The molecule has 0 radical (unpaired) electrons. The molecule has 0 atom stereocenters. The normalized spacial score (nSPS) is 14.6. The molecule has 8 nitrogen and oxygen atoms in total. The Morgan fingerprint density at radius 1 is 0.969 bits per heavy atom. The topological polar surface area (TPSA) is 85.0 Å². The van der Waals surface area contributed by atoms with Crippen molar-refractivity contribution in [2.24, 2.45) is 0 Å². The summed E-state index contributed by atoms with van der Waals surface area (Å²) < 4.78 is 0. The minimum absolute atomic E-state index is 0.688. The molecule has 164 valence electrons. The van der Waals surface area contributed by atoms with E-state index in [-0.39, 0.29) is 0 Å². The fourth-order valence-corrected chi connectivity index (χ4v) is 3.98. The molecule has 3 aromatic heterocycles. The van der Waals surface area contributed by atoms with E-state index in [4.69, 9.17) is 0 Å². The number of benzene rings is 1. The predicted octanol–water partition coefficient (Wildman–Crippen LogP) is 3.23. The van der Waals surface area contributed by atoms with Crippen molar-refractivity contribution in [3.05, 3.63) is 60.4 Å². The number of aromatic nitrogens is 4. The van der Waals surface area contributed by atoms with Crippen LogP contribution in [0.25, 0.3) is 22.2 Å². The third-order valence-corrected chi connectivity index (χ3v) is 5.71. The molecule has 1 saturated heterocycles. The third-order valence-electron chi connectivity index (χ3n) is 5.71. The number of piperazine rings is 1. The Morgan fingerprint density at radius 2 is 1.78 bits per heavy atom. The van der Waals surface area contributed by atoms with Crippen LogP contribution in [0.3, 0.4) is 0 Å². The van der Waals surface area contributed by atoms with Crippen LogP contribution in [0, 0.1) is 0 Å². The summed E-state index contributed by atoms with van der Waals surface area (Å²) in [5.41, 5.74) is 5.38. The Balaban J connectivity index is 1.34. The Hall–Kier alpha value is -3.49. The Labute approximate surface area is 187 Å². The highest BCUT2D eigenvalue weighted by Gasteiger charge is 2.11. The number of nitrogens with zero attached hydrogens (tertiary/aromatic N) is 5. The van der Waals surface area contributed by atoms with Crippen LogP contribution in [0.15, 0.2) is 54.9 Å². The molecular formula is C24H28N8. The minimum Gasteiger partial charge on any atom is -0.363 e. The molecule has 4 heterocycles. The van der Waals surface area contributed by atoms with Gasteiger partial charge < -0.3 is 20.5 Å². The maximum Gasteiger partial charge on any atom is 0.206 e. The molecule has 1 aliphatic heterocycles. The maximum absolute atomic E-state index is 4.69. The summed E-state index contributed by atoms with van der Waals surface area (Å²) in [5.74, 6) is 2.41. The molecule has 0 spiro atoms. The molecule has 0 bridgehead atoms. The SMILES string of the molecule is CN(C)c1cc(-c2ccc3nc(Nc4cc(CN5CCNCC5)ccn4)[nH]c3c2)ccn1. The first-order chi connectivity index (χ1) is 15.6. The molecule has 0 unspecified atom stereocenters. The zero-order valence-electron chi connectivity index (χ0n) is 18.5. The van der Waals surface area contributed by atoms with Gasteiger partial charge in [0.25, 0.3) is 0 Å². The summed E-state index contributed by atoms with van der Waals surface area (Å²) in [6.07, 6.45) is 3.69. The molecule has 3 N–H and O–H groups in total. The number of hydrogen-bond donors (Lipinski definition) is 3. The zero-order valence-corrected chi connectivity index (χ0v) is 18.5. The van der Waals surface area contributed by atoms with Gasteiger partial charge in [-0.05, 0) is 53.1 Å². The Kier molecular flexibility index (Phi) is 5.70. The zero-order chi connectivity index (χ0) is 21.9. The van der Waals surface area contributed by atoms with Gasteiger partial charge in [-0.2, -0.15) is 0 Å². The fourth-order valence-electron chi connectivity index (χ4n) is 3.98. The van der Waals surface area contributed by atoms with Gasteiger partial charge in [-0.3, -0.25) is 4.90 Å². The lowest BCUT2D eigenvalue weighted by atomic mass is 10.1. The first-order valence-electron chi connectivity index (χ1n) is 10.9. The van der Waals surface area contributed by atoms with Crippen molar-refractivity contribution in [1.82, 2.24) is 30.2 Å². The summed E-state index contributed by atoms with van der Waals surface area (Å²) in [7, 11) is 3.99. The Bertz CT molecular complexity index is 1210. The quantitative estimate of drug-likeness (QED) is 0.435. The van der Waals surface area contributed by atoms with Gasteiger partial charge >= 0.3 is 0 Å². The number of H-pyrrole nitrogens is 1. The lowest BCUT2D eigenvalue weighted by molar-refractivity contribution is 0.233. The van der Waals surface area contributed by atoms with E-state index in [2.05, 4.69) is 65.8 Å². The van der Waals surface area contributed by atoms with Gasteiger partial charge in [0.15, 0.2) is 0 Å². The average Bonchev–Trinajstić information content (AvgIpc) is 3.21. The summed E-state index contributed by atoms with van der Waals surface area (Å²) in [5, 5.41) is 6.72. The molecular weight excluding hydrogens is 400 g/mol. The van der Waals surface area contributed by atoms with Gasteiger partial charge in [-0.1, -0.05) is 6.07 Å². The number of nitrogens with one attached hydrogen (secondary N) is 3. The number of pyridine rings is 2. The highest BCUT2D eigenvalue weighted by molar-refractivity contribution is 5.84. The van der Waals surface area contributed by atoms with E-state index in [9.17, 15) is 0 Å². The van der Waals surface area contributed by atoms with Crippen molar-refractivity contribution in [1.29, 1.82) is 0 Å². The van der Waals surface area contributed by atoms with E-state index < -0.39 is 0 Å². The van der Waals surface area contributed by atoms with Gasteiger partial charge in [0.1, 0.15) is 11.6 Å². The van der Waals surface area contributed by atoms with Gasteiger partial charge in [-0.25, -0.2) is 15.0 Å². The molecule has 0 saturated carbocycles. The van der Waals surface area contributed by atoms with Crippen LogP contribution >= 0.6 is 0 Å². The lowest BCUT2D eigenvalue weighted by Gasteiger charge is -2.27. The smallest absolute Gasteiger partial charge is 0.206 e. The van der Waals surface area contributed by atoms with Crippen LogP contribution < -0.4 is 15.5 Å². The van der Waals surface area contributed by atoms with Crippen molar-refractivity contribution in [3.63, 3.8) is 0 Å². The number of hydrogen-bond acceptors (Lipinski definition) is 7. The molecule has 0 amide bonds. The number of aromatic amines is 1. The van der Waals surface area contributed by atoms with Crippen molar-refractivity contribution < 1.29 is 0 Å². The second kappa shape index (κ2) is 8.94. The minimum atomic E-state index is 0.688. The largest absolute Gasteiger partial charge is 0.363 e. The van der Waals surface area contributed by atoms with Crippen molar-refractivity contribution >= 4 is 28.6 Å². The van der Waals surface area contributed by atoms with Gasteiger partial charge in [0, 0.05) is 59.2 Å². The number of rotatable bonds is 6. The van der Waals surface area contributed by atoms with Crippen molar-refractivity contribution in [2.45, 2.75) is 6.54 Å². The standard InChI is InChI=1S/C24H28N8/c1-31(2)23-15-19(6-8-27-23)18-3-4-20-21(14-18)29-24(28-20)30-22-13-17(5-7-26-22)16-32-11-9-25-10-12-32/h3-8,13-15,25H,9-12,16H2,1-2H3,(H2,26,28,29,30). The van der Waals surface area contributed by atoms with E-state index in [1.165, 1.54) is 5.56 Å². The summed E-state index contributed by atoms with van der Waals surface area (Å²) in [4.78, 5) is 21.4. The lowest BCUT2D eigenvalue weighted by Crippen LogP contribution is -2.42. The van der Waals surface area contributed by atoms with Gasteiger partial charge in [-0.15, -0.1) is 0 Å². The summed E-state index contributed by atoms with van der Waals surface area (Å²) in [6, 6.07) is 14.5. The van der Waals surface area contributed by atoms with E-state index >= 15 is 0 Å². The first kappa shape index (κ1) is 20.4. The van der Waals surface area contributed by atoms with Crippen LogP contribution in [0.4, 0.5) is 17.6 Å². The second-order valence-corrected chi connectivity index (χ2v) is 8.31. The highest BCUT2D eigenvalue weighted by Crippen LogP contribution is 2.26. The van der Waals surface area contributed by atoms with E-state index in [1.807, 2.05) is 43.5 Å². The number of anilines is 3. The molecule has 32 heavy (non-hydrogen) atoms. The molecule has 1 fully saturated rings. The van der Waals surface area contributed by atoms with Crippen LogP contribution in [-0.2, 0) is 6.54 Å². The predicted molar refractivity (Wildman–Crippen MR) is 129 cm³/mol. The fraction of sp³-hybridized carbons (Fsp3) is 0.292. The van der Waals surface area contributed by atoms with Gasteiger partial charge in [0.2, 0.25) is 5.95 Å². The molecule has 1 aliphatic rings. The molecule has 5 rings (SSSR count). The second-order valence-electron chi connectivity index (χ2n) is 8.31. The maximum atomic E-state index is 4.69. The molecule has 8 heteroatoms. The average molecular weight is 429 g/mol. The van der Waals surface area contributed by atoms with Crippen LogP contribution in [0.5, 0.6) is 0 Å². The molecule has 1 aromatic carbocycles.